The number of nitrogens with zero attached hydrogens (tertiary/aromatic N) is 2. The first kappa shape index (κ1) is 22.1. The maximum absolute atomic E-state index is 13.6. The van der Waals surface area contributed by atoms with Crippen molar-refractivity contribution in [1.29, 1.82) is 0 Å². The van der Waals surface area contributed by atoms with Gasteiger partial charge in [-0.2, -0.15) is 4.31 Å². The summed E-state index contributed by atoms with van der Waals surface area (Å²) < 4.78 is 40.7. The van der Waals surface area contributed by atoms with Crippen LogP contribution in [0.3, 0.4) is 0 Å². The Morgan fingerprint density at radius 2 is 1.47 bits per heavy atom. The smallest absolute Gasteiger partial charge is 0.246 e. The van der Waals surface area contributed by atoms with Gasteiger partial charge in [-0.1, -0.05) is 54.6 Å². The van der Waals surface area contributed by atoms with Gasteiger partial charge in [0.15, 0.2) is 0 Å². The zero-order valence-electron chi connectivity index (χ0n) is 17.4. The van der Waals surface area contributed by atoms with Gasteiger partial charge in [0.05, 0.1) is 4.90 Å². The van der Waals surface area contributed by atoms with Crippen LogP contribution in [0.5, 0.6) is 0 Å². The molecule has 1 saturated heterocycles. The van der Waals surface area contributed by atoms with Gasteiger partial charge in [0, 0.05) is 31.9 Å². The summed E-state index contributed by atoms with van der Waals surface area (Å²) in [5, 5.41) is 2.96. The molecule has 3 aromatic carbocycles. The van der Waals surface area contributed by atoms with Crippen molar-refractivity contribution in [3.63, 3.8) is 0 Å². The van der Waals surface area contributed by atoms with Crippen molar-refractivity contribution < 1.29 is 17.6 Å². The SMILES string of the molecule is O=C(Nc1ccccc1)C(c1ccccc1)N1CCN(S(=O)(=O)c2cccc(F)c2)CC1. The summed E-state index contributed by atoms with van der Waals surface area (Å²) in [6.45, 7) is 1.16. The van der Waals surface area contributed by atoms with Crippen molar-refractivity contribution in [3.8, 4) is 0 Å². The lowest BCUT2D eigenvalue weighted by Gasteiger charge is -2.38. The lowest BCUT2D eigenvalue weighted by atomic mass is 10.0. The van der Waals surface area contributed by atoms with Gasteiger partial charge in [-0.3, -0.25) is 9.69 Å². The fraction of sp³-hybridized carbons (Fsp3) is 0.208. The highest BCUT2D eigenvalue weighted by Crippen LogP contribution is 2.26. The van der Waals surface area contributed by atoms with Gasteiger partial charge in [-0.25, -0.2) is 12.8 Å². The molecular weight excluding hydrogens is 429 g/mol. The number of amides is 1. The van der Waals surface area contributed by atoms with Crippen molar-refractivity contribution in [2.75, 3.05) is 31.5 Å². The molecule has 6 nitrogen and oxygen atoms in total. The summed E-state index contributed by atoms with van der Waals surface area (Å²) in [6.07, 6.45) is 0. The first-order chi connectivity index (χ1) is 15.4. The fourth-order valence-electron chi connectivity index (χ4n) is 3.87. The zero-order chi connectivity index (χ0) is 22.6. The largest absolute Gasteiger partial charge is 0.324 e. The highest BCUT2D eigenvalue weighted by molar-refractivity contribution is 7.89. The highest BCUT2D eigenvalue weighted by Gasteiger charge is 2.34. The molecule has 1 unspecified atom stereocenters. The van der Waals surface area contributed by atoms with E-state index in [9.17, 15) is 17.6 Å². The number of anilines is 1. The van der Waals surface area contributed by atoms with Crippen LogP contribution < -0.4 is 5.32 Å². The number of sulfonamides is 1. The number of benzene rings is 3. The van der Waals surface area contributed by atoms with Gasteiger partial charge in [0.1, 0.15) is 11.9 Å². The number of piperazine rings is 1. The van der Waals surface area contributed by atoms with Crippen LogP contribution in [0.2, 0.25) is 0 Å². The molecular formula is C24H24FN3O3S. The van der Waals surface area contributed by atoms with E-state index in [-0.39, 0.29) is 23.9 Å². The first-order valence-corrected chi connectivity index (χ1v) is 11.8. The Morgan fingerprint density at radius 1 is 0.844 bits per heavy atom. The van der Waals surface area contributed by atoms with Crippen molar-refractivity contribution in [1.82, 2.24) is 9.21 Å². The molecule has 3 aromatic rings. The van der Waals surface area contributed by atoms with Gasteiger partial charge < -0.3 is 5.32 Å². The number of carbonyl (C=O) groups excluding carboxylic acids is 1. The third kappa shape index (κ3) is 4.88. The Labute approximate surface area is 187 Å². The Bertz CT molecular complexity index is 1170. The van der Waals surface area contributed by atoms with Crippen LogP contribution in [0.15, 0.2) is 89.8 Å². The number of halogens is 1. The first-order valence-electron chi connectivity index (χ1n) is 10.4. The molecule has 0 radical (unpaired) electrons. The van der Waals surface area contributed by atoms with E-state index in [1.165, 1.54) is 22.5 Å². The maximum Gasteiger partial charge on any atom is 0.246 e. The summed E-state index contributed by atoms with van der Waals surface area (Å²) >= 11 is 0. The number of nitrogens with one attached hydrogen (secondary N) is 1. The molecule has 0 saturated carbocycles. The normalized spacial score (nSPS) is 16.4. The Hall–Kier alpha value is -3.07. The molecule has 1 aliphatic heterocycles. The molecule has 1 N–H and O–H groups in total. The van der Waals surface area contributed by atoms with E-state index in [1.54, 1.807) is 0 Å². The summed E-state index contributed by atoms with van der Waals surface area (Å²) in [7, 11) is -3.80. The molecule has 32 heavy (non-hydrogen) atoms. The molecule has 0 aliphatic carbocycles. The van der Waals surface area contributed by atoms with Crippen LogP contribution in [0.1, 0.15) is 11.6 Å². The number of carbonyl (C=O) groups is 1. The van der Waals surface area contributed by atoms with E-state index in [0.717, 1.165) is 11.6 Å². The van der Waals surface area contributed by atoms with Crippen LogP contribution in [-0.2, 0) is 14.8 Å². The Morgan fingerprint density at radius 3 is 2.09 bits per heavy atom. The number of para-hydroxylation sites is 1. The molecule has 1 fully saturated rings. The third-order valence-electron chi connectivity index (χ3n) is 5.48. The van der Waals surface area contributed by atoms with Gasteiger partial charge in [0.25, 0.3) is 0 Å². The van der Waals surface area contributed by atoms with Crippen molar-refractivity contribution in [3.05, 3.63) is 96.3 Å². The molecule has 0 bridgehead atoms. The van der Waals surface area contributed by atoms with Crippen LogP contribution in [-0.4, -0.2) is 49.7 Å². The maximum atomic E-state index is 13.6. The van der Waals surface area contributed by atoms with Crippen LogP contribution in [0.25, 0.3) is 0 Å². The average molecular weight is 454 g/mol. The van der Waals surface area contributed by atoms with E-state index in [0.29, 0.717) is 18.8 Å². The molecule has 1 atom stereocenters. The van der Waals surface area contributed by atoms with Crippen molar-refractivity contribution in [2.45, 2.75) is 10.9 Å². The summed E-state index contributed by atoms with van der Waals surface area (Å²) in [6, 6.07) is 23.1. The Balaban J connectivity index is 1.52. The second-order valence-corrected chi connectivity index (χ2v) is 9.50. The van der Waals surface area contributed by atoms with E-state index in [2.05, 4.69) is 5.32 Å². The van der Waals surface area contributed by atoms with Gasteiger partial charge in [-0.05, 0) is 35.9 Å². The van der Waals surface area contributed by atoms with E-state index in [1.807, 2.05) is 65.6 Å². The molecule has 4 rings (SSSR count). The minimum absolute atomic E-state index is 0.0626. The summed E-state index contributed by atoms with van der Waals surface area (Å²) in [4.78, 5) is 15.1. The quantitative estimate of drug-likeness (QED) is 0.620. The standard InChI is InChI=1S/C24H24FN3O3S/c25-20-10-7-13-22(18-20)32(30,31)28-16-14-27(15-17-28)23(19-8-3-1-4-9-19)24(29)26-21-11-5-2-6-12-21/h1-13,18,23H,14-17H2,(H,26,29). The van der Waals surface area contributed by atoms with Crippen LogP contribution >= 0.6 is 0 Å². The molecule has 0 spiro atoms. The van der Waals surface area contributed by atoms with E-state index in [4.69, 9.17) is 0 Å². The summed E-state index contributed by atoms with van der Waals surface area (Å²) in [5.41, 5.74) is 1.54. The van der Waals surface area contributed by atoms with Crippen LogP contribution in [0, 0.1) is 5.82 Å². The van der Waals surface area contributed by atoms with E-state index < -0.39 is 21.9 Å². The number of hydrogen-bond acceptors (Lipinski definition) is 4. The van der Waals surface area contributed by atoms with Gasteiger partial charge in [0.2, 0.25) is 15.9 Å². The minimum atomic E-state index is -3.80. The average Bonchev–Trinajstić information content (AvgIpc) is 2.81. The molecule has 1 aliphatic rings. The second kappa shape index (κ2) is 9.60. The monoisotopic (exact) mass is 453 g/mol. The summed E-state index contributed by atoms with van der Waals surface area (Å²) in [5.74, 6) is -0.768. The molecule has 1 heterocycles. The molecule has 1 amide bonds. The highest BCUT2D eigenvalue weighted by atomic mass is 32.2. The predicted octanol–water partition coefficient (Wildman–Crippen LogP) is 3.51. The Kier molecular flexibility index (Phi) is 6.64. The second-order valence-electron chi connectivity index (χ2n) is 7.57. The minimum Gasteiger partial charge on any atom is -0.324 e. The molecule has 166 valence electrons. The van der Waals surface area contributed by atoms with Crippen molar-refractivity contribution in [2.24, 2.45) is 0 Å². The topological polar surface area (TPSA) is 69.7 Å². The molecule has 0 aromatic heterocycles. The zero-order valence-corrected chi connectivity index (χ0v) is 18.2. The fourth-order valence-corrected chi connectivity index (χ4v) is 5.33. The lowest BCUT2D eigenvalue weighted by Crippen LogP contribution is -2.51. The number of rotatable bonds is 6. The predicted molar refractivity (Wildman–Crippen MR) is 121 cm³/mol. The van der Waals surface area contributed by atoms with Crippen molar-refractivity contribution >= 4 is 21.6 Å². The number of hydrogen-bond donors (Lipinski definition) is 1. The van der Waals surface area contributed by atoms with Crippen LogP contribution in [0.4, 0.5) is 10.1 Å². The van der Waals surface area contributed by atoms with Gasteiger partial charge >= 0.3 is 0 Å². The lowest BCUT2D eigenvalue weighted by molar-refractivity contribution is -0.122. The van der Waals surface area contributed by atoms with Gasteiger partial charge in [-0.15, -0.1) is 0 Å². The molecule has 8 heteroatoms. The van der Waals surface area contributed by atoms with E-state index >= 15 is 0 Å². The third-order valence-corrected chi connectivity index (χ3v) is 7.37.